The lowest BCUT2D eigenvalue weighted by atomic mass is 10.2. The molecule has 0 spiro atoms. The molecule has 0 saturated carbocycles. The third kappa shape index (κ3) is 3.20. The first kappa shape index (κ1) is 15.8. The summed E-state index contributed by atoms with van der Waals surface area (Å²) < 4.78 is 37.2. The number of ether oxygens (including phenoxy) is 2. The Morgan fingerprint density at radius 1 is 1.00 bits per heavy atom. The summed E-state index contributed by atoms with van der Waals surface area (Å²) in [5, 5.41) is 0. The normalized spacial score (nSPS) is 10.8. The Bertz CT molecular complexity index is 786. The summed E-state index contributed by atoms with van der Waals surface area (Å²) in [4.78, 5) is 11.6. The average Bonchev–Trinajstić information content (AvgIpc) is 2.54. The molecule has 0 aliphatic rings. The van der Waals surface area contributed by atoms with Gasteiger partial charge in [-0.25, -0.2) is 13.2 Å². The molecule has 0 bridgehead atoms. The van der Waals surface area contributed by atoms with Gasteiger partial charge in [0.25, 0.3) is 10.0 Å². The molecular weight excluding hydrogens is 306 g/mol. The molecule has 6 nitrogen and oxygen atoms in total. The number of esters is 1. The number of benzene rings is 2. The van der Waals surface area contributed by atoms with Crippen LogP contribution in [0.3, 0.4) is 0 Å². The summed E-state index contributed by atoms with van der Waals surface area (Å²) in [7, 11) is -1.33. The van der Waals surface area contributed by atoms with Crippen LogP contribution in [0.5, 0.6) is 5.75 Å². The van der Waals surface area contributed by atoms with Crippen molar-refractivity contribution < 1.29 is 22.7 Å². The Kier molecular flexibility index (Phi) is 4.67. The Balaban J connectivity index is 2.46. The fourth-order valence-corrected chi connectivity index (χ4v) is 3.17. The minimum atomic E-state index is -3.96. The van der Waals surface area contributed by atoms with Gasteiger partial charge in [-0.05, 0) is 24.3 Å². The van der Waals surface area contributed by atoms with Gasteiger partial charge >= 0.3 is 5.97 Å². The third-order valence-electron chi connectivity index (χ3n) is 2.93. The van der Waals surface area contributed by atoms with Gasteiger partial charge in [-0.2, -0.15) is 0 Å². The molecular formula is C15H15NO5S. The molecule has 0 heterocycles. The van der Waals surface area contributed by atoms with Gasteiger partial charge in [0.1, 0.15) is 10.6 Å². The second-order valence-corrected chi connectivity index (χ2v) is 5.94. The predicted molar refractivity (Wildman–Crippen MR) is 81.6 cm³/mol. The zero-order chi connectivity index (χ0) is 16.2. The first-order chi connectivity index (χ1) is 10.5. The number of nitrogens with one attached hydrogen (secondary N) is 1. The van der Waals surface area contributed by atoms with Gasteiger partial charge in [-0.3, -0.25) is 4.72 Å². The Morgan fingerprint density at radius 2 is 1.64 bits per heavy atom. The lowest BCUT2D eigenvalue weighted by molar-refractivity contribution is 0.0596. The first-order valence-electron chi connectivity index (χ1n) is 6.33. The number of rotatable bonds is 5. The van der Waals surface area contributed by atoms with Crippen LogP contribution >= 0.6 is 0 Å². The molecule has 0 aromatic heterocycles. The third-order valence-corrected chi connectivity index (χ3v) is 4.36. The number of hydrogen-bond acceptors (Lipinski definition) is 5. The van der Waals surface area contributed by atoms with Crippen molar-refractivity contribution >= 4 is 21.7 Å². The van der Waals surface area contributed by atoms with Crippen LogP contribution in [-0.4, -0.2) is 28.6 Å². The van der Waals surface area contributed by atoms with E-state index in [1.165, 1.54) is 32.4 Å². The molecule has 0 amide bonds. The minimum absolute atomic E-state index is 0.0348. The van der Waals surface area contributed by atoms with Crippen molar-refractivity contribution in [3.8, 4) is 5.75 Å². The van der Waals surface area contributed by atoms with Gasteiger partial charge in [0, 0.05) is 0 Å². The van der Waals surface area contributed by atoms with Crippen LogP contribution in [0.1, 0.15) is 10.4 Å². The molecule has 7 heteroatoms. The number of carbonyl (C=O) groups is 1. The molecule has 2 rings (SSSR count). The lowest BCUT2D eigenvalue weighted by Gasteiger charge is -2.13. The van der Waals surface area contributed by atoms with E-state index in [1.54, 1.807) is 30.3 Å². The number of para-hydroxylation sites is 2. The zero-order valence-corrected chi connectivity index (χ0v) is 12.9. The maximum absolute atomic E-state index is 12.5. The number of anilines is 1. The van der Waals surface area contributed by atoms with Gasteiger partial charge in [-0.15, -0.1) is 0 Å². The maximum atomic E-state index is 12.5. The van der Waals surface area contributed by atoms with E-state index in [2.05, 4.69) is 9.46 Å². The molecule has 22 heavy (non-hydrogen) atoms. The quantitative estimate of drug-likeness (QED) is 0.854. The molecule has 1 N–H and O–H groups in total. The van der Waals surface area contributed by atoms with E-state index in [4.69, 9.17) is 4.74 Å². The summed E-state index contributed by atoms with van der Waals surface area (Å²) in [6.07, 6.45) is 0. The van der Waals surface area contributed by atoms with Crippen molar-refractivity contribution in [1.29, 1.82) is 0 Å². The highest BCUT2D eigenvalue weighted by atomic mass is 32.2. The van der Waals surface area contributed by atoms with E-state index >= 15 is 0 Å². The van der Waals surface area contributed by atoms with Gasteiger partial charge in [0.05, 0.1) is 25.5 Å². The van der Waals surface area contributed by atoms with Crippen LogP contribution in [0.4, 0.5) is 5.69 Å². The minimum Gasteiger partial charge on any atom is -0.495 e. The molecule has 0 atom stereocenters. The molecule has 0 radical (unpaired) electrons. The fraction of sp³-hybridized carbons (Fsp3) is 0.133. The van der Waals surface area contributed by atoms with E-state index in [9.17, 15) is 13.2 Å². The van der Waals surface area contributed by atoms with Crippen LogP contribution in [0.2, 0.25) is 0 Å². The molecule has 0 saturated heterocycles. The van der Waals surface area contributed by atoms with E-state index in [0.717, 1.165) is 0 Å². The molecule has 0 fully saturated rings. The van der Waals surface area contributed by atoms with Gasteiger partial charge < -0.3 is 9.47 Å². The Morgan fingerprint density at radius 3 is 2.32 bits per heavy atom. The molecule has 116 valence electrons. The van der Waals surface area contributed by atoms with Crippen molar-refractivity contribution in [3.05, 3.63) is 54.1 Å². The van der Waals surface area contributed by atoms with Crippen molar-refractivity contribution in [2.24, 2.45) is 0 Å². The monoisotopic (exact) mass is 321 g/mol. The van der Waals surface area contributed by atoms with Crippen LogP contribution in [0, 0.1) is 0 Å². The van der Waals surface area contributed by atoms with Gasteiger partial charge in [0.15, 0.2) is 0 Å². The summed E-state index contributed by atoms with van der Waals surface area (Å²) in [6, 6.07) is 12.4. The Labute approximate surface area is 128 Å². The van der Waals surface area contributed by atoms with E-state index in [1.807, 2.05) is 0 Å². The summed E-state index contributed by atoms with van der Waals surface area (Å²) in [5.41, 5.74) is 0.247. The highest BCUT2D eigenvalue weighted by molar-refractivity contribution is 7.92. The van der Waals surface area contributed by atoms with E-state index in [-0.39, 0.29) is 16.1 Å². The molecule has 0 aliphatic carbocycles. The summed E-state index contributed by atoms with van der Waals surface area (Å²) >= 11 is 0. The fourth-order valence-electron chi connectivity index (χ4n) is 1.91. The SMILES string of the molecule is COC(=O)c1ccccc1S(=O)(=O)Nc1ccccc1OC. The average molecular weight is 321 g/mol. The molecule has 2 aromatic rings. The topological polar surface area (TPSA) is 81.7 Å². The zero-order valence-electron chi connectivity index (χ0n) is 12.1. The van der Waals surface area contributed by atoms with Crippen LogP contribution in [0.15, 0.2) is 53.4 Å². The standard InChI is InChI=1S/C15H15NO5S/c1-20-13-9-5-4-8-12(13)16-22(18,19)14-10-6-3-7-11(14)15(17)21-2/h3-10,16H,1-2H3. The highest BCUT2D eigenvalue weighted by Crippen LogP contribution is 2.27. The molecule has 0 aliphatic heterocycles. The second kappa shape index (κ2) is 6.48. The number of carbonyl (C=O) groups excluding carboxylic acids is 1. The predicted octanol–water partition coefficient (Wildman–Crippen LogP) is 2.28. The van der Waals surface area contributed by atoms with Crippen LogP contribution in [-0.2, 0) is 14.8 Å². The van der Waals surface area contributed by atoms with Crippen LogP contribution in [0.25, 0.3) is 0 Å². The number of methoxy groups -OCH3 is 2. The second-order valence-electron chi connectivity index (χ2n) is 4.29. The summed E-state index contributed by atoms with van der Waals surface area (Å²) in [6.45, 7) is 0. The van der Waals surface area contributed by atoms with E-state index < -0.39 is 16.0 Å². The molecule has 2 aromatic carbocycles. The van der Waals surface area contributed by atoms with Gasteiger partial charge in [0.2, 0.25) is 0 Å². The molecule has 0 unspecified atom stereocenters. The smallest absolute Gasteiger partial charge is 0.339 e. The van der Waals surface area contributed by atoms with Crippen molar-refractivity contribution in [2.75, 3.05) is 18.9 Å². The van der Waals surface area contributed by atoms with Gasteiger partial charge in [-0.1, -0.05) is 24.3 Å². The first-order valence-corrected chi connectivity index (χ1v) is 7.81. The maximum Gasteiger partial charge on any atom is 0.339 e. The Hall–Kier alpha value is -2.54. The van der Waals surface area contributed by atoms with Crippen molar-refractivity contribution in [1.82, 2.24) is 0 Å². The van der Waals surface area contributed by atoms with Crippen molar-refractivity contribution in [2.45, 2.75) is 4.90 Å². The largest absolute Gasteiger partial charge is 0.495 e. The van der Waals surface area contributed by atoms with Crippen molar-refractivity contribution in [3.63, 3.8) is 0 Å². The van der Waals surface area contributed by atoms with E-state index in [0.29, 0.717) is 5.75 Å². The number of sulfonamides is 1. The highest BCUT2D eigenvalue weighted by Gasteiger charge is 2.23. The lowest BCUT2D eigenvalue weighted by Crippen LogP contribution is -2.17. The summed E-state index contributed by atoms with van der Waals surface area (Å²) in [5.74, 6) is -0.345. The number of hydrogen-bond donors (Lipinski definition) is 1. The van der Waals surface area contributed by atoms with Crippen LogP contribution < -0.4 is 9.46 Å².